The molecule has 2 aromatic rings. The number of aromatic nitrogens is 3. The lowest BCUT2D eigenvalue weighted by atomic mass is 10.1. The molecule has 0 spiro atoms. The summed E-state index contributed by atoms with van der Waals surface area (Å²) in [5, 5.41) is 3.24. The fraction of sp³-hybridized carbons (Fsp3) is 0.308. The Morgan fingerprint density at radius 3 is 2.75 bits per heavy atom. The van der Waals surface area contributed by atoms with Crippen LogP contribution in [0.1, 0.15) is 19.4 Å². The van der Waals surface area contributed by atoms with E-state index in [-0.39, 0.29) is 11.3 Å². The number of anilines is 2. The highest BCUT2D eigenvalue weighted by Crippen LogP contribution is 2.24. The molecule has 0 aliphatic carbocycles. The fourth-order valence-corrected chi connectivity index (χ4v) is 2.24. The molecule has 20 heavy (non-hydrogen) atoms. The first-order valence-corrected chi connectivity index (χ1v) is 7.39. The van der Waals surface area contributed by atoms with E-state index in [0.717, 1.165) is 22.1 Å². The Labute approximate surface area is 130 Å². The predicted octanol–water partition coefficient (Wildman–Crippen LogP) is 3.99. The van der Waals surface area contributed by atoms with E-state index in [0.29, 0.717) is 12.6 Å². The zero-order chi connectivity index (χ0) is 14.5. The number of ether oxygens (including phenoxy) is 1. The maximum Gasteiger partial charge on any atom is 0.322 e. The van der Waals surface area contributed by atoms with Crippen LogP contribution in [0.5, 0.6) is 6.01 Å². The van der Waals surface area contributed by atoms with Gasteiger partial charge in [0.2, 0.25) is 11.2 Å². The van der Waals surface area contributed by atoms with Crippen molar-refractivity contribution in [3.8, 4) is 6.01 Å². The summed E-state index contributed by atoms with van der Waals surface area (Å²) in [4.78, 5) is 12.1. The first-order chi connectivity index (χ1) is 9.62. The van der Waals surface area contributed by atoms with E-state index in [1.807, 2.05) is 19.1 Å². The lowest BCUT2D eigenvalue weighted by Gasteiger charge is -2.11. The van der Waals surface area contributed by atoms with E-state index in [4.69, 9.17) is 16.3 Å². The molecule has 0 saturated heterocycles. The van der Waals surface area contributed by atoms with Gasteiger partial charge >= 0.3 is 6.01 Å². The second kappa shape index (κ2) is 6.85. The molecule has 2 rings (SSSR count). The van der Waals surface area contributed by atoms with Gasteiger partial charge in [0, 0.05) is 10.2 Å². The minimum Gasteiger partial charge on any atom is -0.464 e. The van der Waals surface area contributed by atoms with Crippen molar-refractivity contribution >= 4 is 39.2 Å². The topological polar surface area (TPSA) is 59.9 Å². The summed E-state index contributed by atoms with van der Waals surface area (Å²) in [6.45, 7) is 4.41. The highest BCUT2D eigenvalue weighted by atomic mass is 79.9. The van der Waals surface area contributed by atoms with Gasteiger partial charge in [-0.05, 0) is 48.7 Å². The minimum absolute atomic E-state index is 0.0983. The average Bonchev–Trinajstić information content (AvgIpc) is 2.40. The maximum atomic E-state index is 5.86. The third-order valence-corrected chi connectivity index (χ3v) is 3.22. The standard InChI is InChI=1S/C13H14BrClN4O/c1-3-8-7-9(14)5-6-10(8)16-12-17-11(15)18-13(19-12)20-4-2/h5-7H,3-4H2,1-2H3,(H,16,17,18,19). The summed E-state index contributed by atoms with van der Waals surface area (Å²) in [5.74, 6) is 0.366. The molecule has 0 radical (unpaired) electrons. The van der Waals surface area contributed by atoms with Crippen molar-refractivity contribution in [2.24, 2.45) is 0 Å². The Bertz CT molecular complexity index is 609. The molecular formula is C13H14BrClN4O. The third-order valence-electron chi connectivity index (χ3n) is 2.56. The van der Waals surface area contributed by atoms with Crippen LogP contribution in [-0.2, 0) is 6.42 Å². The van der Waals surface area contributed by atoms with Gasteiger partial charge in [0.25, 0.3) is 0 Å². The summed E-state index contributed by atoms with van der Waals surface area (Å²) in [5.41, 5.74) is 2.08. The molecular weight excluding hydrogens is 344 g/mol. The summed E-state index contributed by atoms with van der Waals surface area (Å²) < 4.78 is 6.28. The first-order valence-electron chi connectivity index (χ1n) is 6.22. The smallest absolute Gasteiger partial charge is 0.322 e. The largest absolute Gasteiger partial charge is 0.464 e. The van der Waals surface area contributed by atoms with Crippen LogP contribution in [0.25, 0.3) is 0 Å². The molecule has 0 unspecified atom stereocenters. The number of halogens is 2. The molecule has 5 nitrogen and oxygen atoms in total. The lowest BCUT2D eigenvalue weighted by Crippen LogP contribution is -2.05. The van der Waals surface area contributed by atoms with E-state index in [1.165, 1.54) is 0 Å². The molecule has 0 aliphatic rings. The van der Waals surface area contributed by atoms with Crippen LogP contribution >= 0.6 is 27.5 Å². The molecule has 0 atom stereocenters. The van der Waals surface area contributed by atoms with Crippen LogP contribution in [-0.4, -0.2) is 21.6 Å². The quantitative estimate of drug-likeness (QED) is 0.876. The Morgan fingerprint density at radius 1 is 1.25 bits per heavy atom. The summed E-state index contributed by atoms with van der Waals surface area (Å²) in [6, 6.07) is 6.17. The van der Waals surface area contributed by atoms with Crippen molar-refractivity contribution in [2.45, 2.75) is 20.3 Å². The molecule has 0 bridgehead atoms. The van der Waals surface area contributed by atoms with Crippen LogP contribution in [0.4, 0.5) is 11.6 Å². The van der Waals surface area contributed by atoms with Crippen molar-refractivity contribution in [1.29, 1.82) is 0 Å². The third kappa shape index (κ3) is 3.80. The maximum absolute atomic E-state index is 5.86. The molecule has 1 N–H and O–H groups in total. The molecule has 1 heterocycles. The number of rotatable bonds is 5. The molecule has 106 valence electrons. The molecule has 0 saturated carbocycles. The summed E-state index contributed by atoms with van der Waals surface area (Å²) >= 11 is 9.32. The van der Waals surface area contributed by atoms with Crippen LogP contribution in [0, 0.1) is 0 Å². The fourth-order valence-electron chi connectivity index (χ4n) is 1.68. The van der Waals surface area contributed by atoms with Gasteiger partial charge in [-0.2, -0.15) is 15.0 Å². The van der Waals surface area contributed by atoms with Gasteiger partial charge in [-0.3, -0.25) is 0 Å². The zero-order valence-corrected chi connectivity index (χ0v) is 13.5. The van der Waals surface area contributed by atoms with Crippen LogP contribution < -0.4 is 10.1 Å². The molecule has 1 aromatic carbocycles. The molecule has 0 amide bonds. The highest BCUT2D eigenvalue weighted by molar-refractivity contribution is 9.10. The van der Waals surface area contributed by atoms with Gasteiger partial charge in [-0.25, -0.2) is 0 Å². The monoisotopic (exact) mass is 356 g/mol. The number of benzene rings is 1. The van der Waals surface area contributed by atoms with Crippen LogP contribution in [0.2, 0.25) is 5.28 Å². The number of hydrogen-bond donors (Lipinski definition) is 1. The summed E-state index contributed by atoms with van der Waals surface area (Å²) in [6.07, 6.45) is 0.888. The van der Waals surface area contributed by atoms with Gasteiger partial charge in [-0.1, -0.05) is 22.9 Å². The molecule has 1 aromatic heterocycles. The van der Waals surface area contributed by atoms with Gasteiger partial charge in [0.1, 0.15) is 0 Å². The molecule has 0 fully saturated rings. The van der Waals surface area contributed by atoms with Gasteiger partial charge in [0.05, 0.1) is 6.61 Å². The number of nitrogens with zero attached hydrogens (tertiary/aromatic N) is 3. The van der Waals surface area contributed by atoms with Crippen molar-refractivity contribution in [1.82, 2.24) is 15.0 Å². The molecule has 7 heteroatoms. The number of aryl methyl sites for hydroxylation is 1. The zero-order valence-electron chi connectivity index (χ0n) is 11.2. The predicted molar refractivity (Wildman–Crippen MR) is 82.8 cm³/mol. The summed E-state index contributed by atoms with van der Waals surface area (Å²) in [7, 11) is 0. The second-order valence-electron chi connectivity index (χ2n) is 3.92. The van der Waals surface area contributed by atoms with E-state index in [9.17, 15) is 0 Å². The van der Waals surface area contributed by atoms with Crippen LogP contribution in [0.3, 0.4) is 0 Å². The first kappa shape index (κ1) is 15.0. The SMILES string of the molecule is CCOc1nc(Cl)nc(Nc2ccc(Br)cc2CC)n1. The van der Waals surface area contributed by atoms with Crippen molar-refractivity contribution in [3.05, 3.63) is 33.5 Å². The Kier molecular flexibility index (Phi) is 5.14. The van der Waals surface area contributed by atoms with E-state index in [2.05, 4.69) is 49.2 Å². The van der Waals surface area contributed by atoms with E-state index < -0.39 is 0 Å². The number of nitrogens with one attached hydrogen (secondary N) is 1. The lowest BCUT2D eigenvalue weighted by molar-refractivity contribution is 0.312. The average molecular weight is 358 g/mol. The Hall–Kier alpha value is -1.40. The Balaban J connectivity index is 2.29. The van der Waals surface area contributed by atoms with Crippen LogP contribution in [0.15, 0.2) is 22.7 Å². The second-order valence-corrected chi connectivity index (χ2v) is 5.18. The minimum atomic E-state index is 0.0983. The van der Waals surface area contributed by atoms with Crippen molar-refractivity contribution < 1.29 is 4.74 Å². The van der Waals surface area contributed by atoms with E-state index in [1.54, 1.807) is 0 Å². The van der Waals surface area contributed by atoms with E-state index >= 15 is 0 Å². The normalized spacial score (nSPS) is 10.4. The van der Waals surface area contributed by atoms with Crippen molar-refractivity contribution in [2.75, 3.05) is 11.9 Å². The van der Waals surface area contributed by atoms with Gasteiger partial charge in [-0.15, -0.1) is 0 Å². The van der Waals surface area contributed by atoms with Gasteiger partial charge in [0.15, 0.2) is 0 Å². The van der Waals surface area contributed by atoms with Crippen molar-refractivity contribution in [3.63, 3.8) is 0 Å². The number of hydrogen-bond acceptors (Lipinski definition) is 5. The molecule has 0 aliphatic heterocycles. The highest BCUT2D eigenvalue weighted by Gasteiger charge is 2.08. The van der Waals surface area contributed by atoms with Gasteiger partial charge < -0.3 is 10.1 Å². The Morgan fingerprint density at radius 2 is 2.05 bits per heavy atom.